The van der Waals surface area contributed by atoms with Gasteiger partial charge in [0.05, 0.1) is 33.6 Å². The average Bonchev–Trinajstić information content (AvgIpc) is 2.78. The van der Waals surface area contributed by atoms with Crippen LogP contribution in [0.4, 0.5) is 29.1 Å². The van der Waals surface area contributed by atoms with Gasteiger partial charge in [-0.2, -0.15) is 13.2 Å². The number of hydrogen-bond acceptors (Lipinski definition) is 7. The van der Waals surface area contributed by atoms with Gasteiger partial charge in [0.1, 0.15) is 17.5 Å². The van der Waals surface area contributed by atoms with Crippen molar-refractivity contribution >= 4 is 37.8 Å². The first-order chi connectivity index (χ1) is 16.7. The lowest BCUT2D eigenvalue weighted by atomic mass is 9.99. The van der Waals surface area contributed by atoms with Gasteiger partial charge >= 0.3 is 6.18 Å². The highest BCUT2D eigenvalue weighted by Gasteiger charge is 2.33. The van der Waals surface area contributed by atoms with Crippen LogP contribution in [0.3, 0.4) is 0 Å². The quantitative estimate of drug-likeness (QED) is 0.271. The van der Waals surface area contributed by atoms with E-state index in [4.69, 9.17) is 0 Å². The van der Waals surface area contributed by atoms with Gasteiger partial charge in [0.15, 0.2) is 9.84 Å². The van der Waals surface area contributed by atoms with Crippen molar-refractivity contribution in [2.75, 3.05) is 16.8 Å². The molecule has 0 saturated carbocycles. The van der Waals surface area contributed by atoms with Crippen LogP contribution < -0.4 is 5.32 Å². The zero-order valence-electron chi connectivity index (χ0n) is 19.1. The van der Waals surface area contributed by atoms with Gasteiger partial charge in [-0.05, 0) is 43.5 Å². The number of aryl methyl sites for hydroxylation is 1. The minimum absolute atomic E-state index is 0.00321. The van der Waals surface area contributed by atoms with Crippen molar-refractivity contribution in [2.45, 2.75) is 32.5 Å². The van der Waals surface area contributed by atoms with Crippen LogP contribution in [0.25, 0.3) is 16.5 Å². The molecule has 0 spiro atoms. The predicted molar refractivity (Wildman–Crippen MR) is 126 cm³/mol. The molecule has 36 heavy (non-hydrogen) atoms. The topological polar surface area (TPSA) is 115 Å². The van der Waals surface area contributed by atoms with Gasteiger partial charge in [-0.15, -0.1) is 0 Å². The van der Waals surface area contributed by atoms with E-state index in [-0.39, 0.29) is 46.2 Å². The molecule has 2 aromatic carbocycles. The van der Waals surface area contributed by atoms with Crippen molar-refractivity contribution in [3.05, 3.63) is 74.9 Å². The summed E-state index contributed by atoms with van der Waals surface area (Å²) in [6, 6.07) is 4.14. The molecule has 3 aromatic rings. The van der Waals surface area contributed by atoms with E-state index in [1.54, 1.807) is 6.92 Å². The van der Waals surface area contributed by atoms with Crippen LogP contribution in [0.2, 0.25) is 0 Å². The second kappa shape index (κ2) is 9.12. The van der Waals surface area contributed by atoms with Crippen LogP contribution in [0.1, 0.15) is 41.9 Å². The molecule has 0 saturated heterocycles. The highest BCUT2D eigenvalue weighted by Crippen LogP contribution is 2.36. The summed E-state index contributed by atoms with van der Waals surface area (Å²) in [6.07, 6.45) is -3.20. The standard InChI is InChI=1S/C23H20F4N4O4S/c1-12(15-7-16(23(25,26)27)9-17(8-15)31(32)33)28-22-19-10-18(14-3-5-36(34,35)6-4-14)20(24)11-21(19)29-13(2)30-22/h3,7-12H,4-6H2,1-2H3,(H,28,29,30)/t12-/m1/s1. The molecule has 4 rings (SSSR count). The van der Waals surface area contributed by atoms with Crippen molar-refractivity contribution in [3.8, 4) is 0 Å². The number of allylic oxidation sites excluding steroid dienone is 1. The van der Waals surface area contributed by atoms with Crippen LogP contribution in [-0.4, -0.2) is 34.8 Å². The maximum absolute atomic E-state index is 14.9. The molecule has 13 heteroatoms. The lowest BCUT2D eigenvalue weighted by Gasteiger charge is -2.19. The fourth-order valence-electron chi connectivity index (χ4n) is 3.99. The van der Waals surface area contributed by atoms with Crippen molar-refractivity contribution in [2.24, 2.45) is 0 Å². The number of nitrogens with one attached hydrogen (secondary N) is 1. The van der Waals surface area contributed by atoms with Crippen molar-refractivity contribution < 1.29 is 30.9 Å². The van der Waals surface area contributed by atoms with Crippen molar-refractivity contribution in [1.82, 2.24) is 9.97 Å². The number of nitro groups is 1. The Labute approximate surface area is 203 Å². The molecule has 190 valence electrons. The highest BCUT2D eigenvalue weighted by atomic mass is 32.2. The van der Waals surface area contributed by atoms with Gasteiger partial charge in [-0.1, -0.05) is 6.08 Å². The molecule has 0 bridgehead atoms. The summed E-state index contributed by atoms with van der Waals surface area (Å²) in [5.41, 5.74) is -0.943. The second-order valence-corrected chi connectivity index (χ2v) is 10.7. The number of rotatable bonds is 5. The number of fused-ring (bicyclic) bond motifs is 1. The number of nitro benzene ring substituents is 1. The number of sulfone groups is 1. The van der Waals surface area contributed by atoms with Gasteiger partial charge in [0, 0.05) is 29.1 Å². The summed E-state index contributed by atoms with van der Waals surface area (Å²) < 4.78 is 78.4. The molecule has 0 amide bonds. The Kier molecular flexibility index (Phi) is 6.45. The van der Waals surface area contributed by atoms with Gasteiger partial charge < -0.3 is 5.32 Å². The van der Waals surface area contributed by atoms with E-state index in [1.165, 1.54) is 25.1 Å². The molecule has 1 aliphatic heterocycles. The number of aromatic nitrogens is 2. The van der Waals surface area contributed by atoms with Crippen LogP contribution in [-0.2, 0) is 16.0 Å². The van der Waals surface area contributed by atoms with E-state index < -0.39 is 44.0 Å². The molecule has 0 fully saturated rings. The molecular weight excluding hydrogens is 504 g/mol. The number of anilines is 1. The summed E-state index contributed by atoms with van der Waals surface area (Å²) in [4.78, 5) is 18.9. The number of hydrogen-bond donors (Lipinski definition) is 1. The largest absolute Gasteiger partial charge is 0.416 e. The smallest absolute Gasteiger partial charge is 0.363 e. The maximum atomic E-state index is 14.9. The van der Waals surface area contributed by atoms with E-state index in [9.17, 15) is 36.1 Å². The summed E-state index contributed by atoms with van der Waals surface area (Å²) in [6.45, 7) is 3.08. The van der Waals surface area contributed by atoms with E-state index in [0.717, 1.165) is 12.1 Å². The Morgan fingerprint density at radius 2 is 1.86 bits per heavy atom. The fraction of sp³-hybridized carbons (Fsp3) is 0.304. The first-order valence-electron chi connectivity index (χ1n) is 10.7. The minimum Gasteiger partial charge on any atom is -0.363 e. The van der Waals surface area contributed by atoms with Gasteiger partial charge in [0.25, 0.3) is 5.69 Å². The molecule has 1 N–H and O–H groups in total. The highest BCUT2D eigenvalue weighted by molar-refractivity contribution is 7.91. The molecule has 0 unspecified atom stereocenters. The minimum atomic E-state index is -4.79. The lowest BCUT2D eigenvalue weighted by molar-refractivity contribution is -0.385. The number of alkyl halides is 3. The number of nitrogens with zero attached hydrogens (tertiary/aromatic N) is 3. The SMILES string of the molecule is Cc1nc(N[C@H](C)c2cc([N+](=O)[O-])cc(C(F)(F)F)c2)c2cc(C3=CCS(=O)(=O)CC3)c(F)cc2n1. The number of benzene rings is 2. The molecule has 8 nitrogen and oxygen atoms in total. The fourth-order valence-corrected chi connectivity index (χ4v) is 5.14. The predicted octanol–water partition coefficient (Wildman–Crippen LogP) is 5.38. The average molecular weight is 524 g/mol. The summed E-state index contributed by atoms with van der Waals surface area (Å²) >= 11 is 0. The third-order valence-corrected chi connectivity index (χ3v) is 7.34. The summed E-state index contributed by atoms with van der Waals surface area (Å²) in [7, 11) is -3.23. The molecular formula is C23H20F4N4O4S. The monoisotopic (exact) mass is 524 g/mol. The zero-order valence-corrected chi connectivity index (χ0v) is 19.9. The molecule has 1 aliphatic rings. The Hall–Kier alpha value is -3.61. The summed E-state index contributed by atoms with van der Waals surface area (Å²) in [5, 5.41) is 14.5. The van der Waals surface area contributed by atoms with Gasteiger partial charge in [0.2, 0.25) is 0 Å². The van der Waals surface area contributed by atoms with E-state index in [2.05, 4.69) is 15.3 Å². The third-order valence-electron chi connectivity index (χ3n) is 5.84. The van der Waals surface area contributed by atoms with Gasteiger partial charge in [-0.3, -0.25) is 10.1 Å². The molecule has 1 aromatic heterocycles. The molecule has 2 heterocycles. The van der Waals surface area contributed by atoms with E-state index >= 15 is 0 Å². The Balaban J connectivity index is 1.78. The molecule has 0 aliphatic carbocycles. The first kappa shape index (κ1) is 25.5. The van der Waals surface area contributed by atoms with Crippen LogP contribution in [0, 0.1) is 22.9 Å². The van der Waals surface area contributed by atoms with E-state index in [0.29, 0.717) is 17.0 Å². The van der Waals surface area contributed by atoms with Crippen molar-refractivity contribution in [1.29, 1.82) is 0 Å². The second-order valence-electron chi connectivity index (χ2n) is 8.50. The Morgan fingerprint density at radius 1 is 1.14 bits per heavy atom. The summed E-state index contributed by atoms with van der Waals surface area (Å²) in [5.74, 6) is -0.464. The van der Waals surface area contributed by atoms with Crippen LogP contribution in [0.5, 0.6) is 0 Å². The van der Waals surface area contributed by atoms with Crippen LogP contribution in [0.15, 0.2) is 36.4 Å². The van der Waals surface area contributed by atoms with Crippen molar-refractivity contribution in [3.63, 3.8) is 0 Å². The van der Waals surface area contributed by atoms with Gasteiger partial charge in [-0.25, -0.2) is 22.8 Å². The molecule has 0 radical (unpaired) electrons. The van der Waals surface area contributed by atoms with Crippen LogP contribution >= 0.6 is 0 Å². The Bertz CT molecular complexity index is 1520. The third kappa shape index (κ3) is 5.30. The number of non-ortho nitro benzene ring substituents is 1. The van der Waals surface area contributed by atoms with E-state index in [1.807, 2.05) is 0 Å². The Morgan fingerprint density at radius 3 is 2.47 bits per heavy atom. The number of halogens is 4. The first-order valence-corrected chi connectivity index (χ1v) is 12.6. The normalized spacial score (nSPS) is 16.4. The maximum Gasteiger partial charge on any atom is 0.416 e. The lowest BCUT2D eigenvalue weighted by Crippen LogP contribution is -2.15. The zero-order chi connectivity index (χ0) is 26.4. The molecule has 1 atom stereocenters.